The number of nitrogens with two attached hydrogens (primary N) is 1. The maximum atomic E-state index is 5.90. The van der Waals surface area contributed by atoms with Gasteiger partial charge in [-0.2, -0.15) is 0 Å². The van der Waals surface area contributed by atoms with E-state index in [0.29, 0.717) is 12.3 Å². The van der Waals surface area contributed by atoms with Crippen LogP contribution in [0.3, 0.4) is 0 Å². The van der Waals surface area contributed by atoms with E-state index in [0.717, 1.165) is 35.4 Å². The summed E-state index contributed by atoms with van der Waals surface area (Å²) in [5.74, 6) is 1.47. The molecule has 3 rings (SSSR count). The Bertz CT molecular complexity index is 639. The highest BCUT2D eigenvalue weighted by atomic mass is 16.5. The molecule has 0 atom stereocenters. The van der Waals surface area contributed by atoms with Crippen molar-refractivity contribution >= 4 is 16.6 Å². The lowest BCUT2D eigenvalue weighted by atomic mass is 10.2. The van der Waals surface area contributed by atoms with E-state index in [1.165, 1.54) is 25.9 Å². The first-order valence-electron chi connectivity index (χ1n) is 7.85. The first-order valence-corrected chi connectivity index (χ1v) is 7.85. The molecule has 2 heterocycles. The summed E-state index contributed by atoms with van der Waals surface area (Å²) < 4.78 is 11.3. The average molecular weight is 301 g/mol. The van der Waals surface area contributed by atoms with Crippen molar-refractivity contribution in [1.82, 2.24) is 9.88 Å². The second kappa shape index (κ2) is 6.83. The molecule has 0 amide bonds. The Morgan fingerprint density at radius 2 is 2.00 bits per heavy atom. The van der Waals surface area contributed by atoms with Crippen LogP contribution < -0.4 is 15.2 Å². The largest absolute Gasteiger partial charge is 0.493 e. The lowest BCUT2D eigenvalue weighted by molar-refractivity contribution is 0.254. The molecule has 1 aromatic heterocycles. The second-order valence-corrected chi connectivity index (χ2v) is 5.72. The van der Waals surface area contributed by atoms with Crippen LogP contribution in [0.4, 0.5) is 5.69 Å². The topological polar surface area (TPSA) is 60.6 Å². The molecule has 1 aliphatic heterocycles. The van der Waals surface area contributed by atoms with Crippen LogP contribution in [-0.4, -0.2) is 43.2 Å². The number of anilines is 1. The van der Waals surface area contributed by atoms with E-state index in [2.05, 4.69) is 9.88 Å². The summed E-state index contributed by atoms with van der Waals surface area (Å²) in [5.41, 5.74) is 7.28. The molecule has 22 heavy (non-hydrogen) atoms. The van der Waals surface area contributed by atoms with Gasteiger partial charge in [-0.05, 0) is 44.5 Å². The van der Waals surface area contributed by atoms with Gasteiger partial charge in [0, 0.05) is 18.0 Å². The highest BCUT2D eigenvalue weighted by Crippen LogP contribution is 2.32. The van der Waals surface area contributed by atoms with Gasteiger partial charge in [-0.25, -0.2) is 0 Å². The Labute approximate surface area is 131 Å². The predicted molar refractivity (Wildman–Crippen MR) is 88.5 cm³/mol. The van der Waals surface area contributed by atoms with Crippen LogP contribution in [-0.2, 0) is 0 Å². The zero-order valence-electron chi connectivity index (χ0n) is 13.0. The smallest absolute Gasteiger partial charge is 0.163 e. The third-order valence-corrected chi connectivity index (χ3v) is 4.06. The zero-order chi connectivity index (χ0) is 15.4. The third kappa shape index (κ3) is 3.42. The normalized spacial score (nSPS) is 15.3. The molecule has 1 aliphatic rings. The quantitative estimate of drug-likeness (QED) is 0.831. The molecule has 0 saturated carbocycles. The Kier molecular flexibility index (Phi) is 4.63. The number of ether oxygens (including phenoxy) is 2. The summed E-state index contributed by atoms with van der Waals surface area (Å²) in [6.07, 6.45) is 5.34. The number of aromatic nitrogens is 1. The first-order chi connectivity index (χ1) is 10.8. The van der Waals surface area contributed by atoms with Gasteiger partial charge in [-0.1, -0.05) is 0 Å². The minimum absolute atomic E-state index is 0.647. The van der Waals surface area contributed by atoms with Crippen molar-refractivity contribution in [3.63, 3.8) is 0 Å². The highest BCUT2D eigenvalue weighted by Gasteiger charge is 2.11. The molecule has 118 valence electrons. The summed E-state index contributed by atoms with van der Waals surface area (Å²) in [5, 5.41) is 0.960. The van der Waals surface area contributed by atoms with Gasteiger partial charge in [0.05, 0.1) is 31.1 Å². The van der Waals surface area contributed by atoms with E-state index >= 15 is 0 Å². The molecule has 0 bridgehead atoms. The fourth-order valence-electron chi connectivity index (χ4n) is 2.90. The Morgan fingerprint density at radius 1 is 1.18 bits per heavy atom. The van der Waals surface area contributed by atoms with E-state index in [9.17, 15) is 0 Å². The molecule has 1 fully saturated rings. The van der Waals surface area contributed by atoms with Gasteiger partial charge < -0.3 is 20.1 Å². The molecule has 1 aromatic carbocycles. The minimum Gasteiger partial charge on any atom is -0.493 e. The molecule has 2 N–H and O–H groups in total. The van der Waals surface area contributed by atoms with Crippen molar-refractivity contribution in [2.24, 2.45) is 0 Å². The maximum absolute atomic E-state index is 5.90. The number of benzene rings is 1. The molecular weight excluding hydrogens is 278 g/mol. The number of nitrogen functional groups attached to an aromatic ring is 1. The van der Waals surface area contributed by atoms with Crippen LogP contribution in [0.25, 0.3) is 10.9 Å². The van der Waals surface area contributed by atoms with Gasteiger partial charge in [0.1, 0.15) is 0 Å². The van der Waals surface area contributed by atoms with Crippen LogP contribution in [0.2, 0.25) is 0 Å². The summed E-state index contributed by atoms with van der Waals surface area (Å²) in [6, 6.07) is 5.74. The van der Waals surface area contributed by atoms with Gasteiger partial charge in [-0.15, -0.1) is 0 Å². The number of fused-ring (bicyclic) bond motifs is 1. The van der Waals surface area contributed by atoms with E-state index < -0.39 is 0 Å². The number of nitrogens with zero attached hydrogens (tertiary/aromatic N) is 2. The highest BCUT2D eigenvalue weighted by molar-refractivity contribution is 5.84. The van der Waals surface area contributed by atoms with Crippen LogP contribution in [0, 0.1) is 0 Å². The summed E-state index contributed by atoms with van der Waals surface area (Å²) in [6.45, 7) is 4.24. The van der Waals surface area contributed by atoms with Crippen molar-refractivity contribution in [1.29, 1.82) is 0 Å². The van der Waals surface area contributed by atoms with Crippen molar-refractivity contribution in [3.05, 3.63) is 24.4 Å². The van der Waals surface area contributed by atoms with E-state index in [1.807, 2.05) is 18.2 Å². The third-order valence-electron chi connectivity index (χ3n) is 4.06. The van der Waals surface area contributed by atoms with Crippen LogP contribution in [0.1, 0.15) is 19.3 Å². The zero-order valence-corrected chi connectivity index (χ0v) is 13.0. The SMILES string of the molecule is COc1cc2cc(N)cnc2cc1OCCCN1CCCC1. The molecule has 5 heteroatoms. The molecule has 0 radical (unpaired) electrons. The fraction of sp³-hybridized carbons (Fsp3) is 0.471. The van der Waals surface area contributed by atoms with Gasteiger partial charge in [0.2, 0.25) is 0 Å². The number of hydrogen-bond acceptors (Lipinski definition) is 5. The summed E-state index contributed by atoms with van der Waals surface area (Å²) >= 11 is 0. The van der Waals surface area contributed by atoms with E-state index in [-0.39, 0.29) is 0 Å². The van der Waals surface area contributed by atoms with Gasteiger partial charge >= 0.3 is 0 Å². The van der Waals surface area contributed by atoms with Crippen molar-refractivity contribution in [3.8, 4) is 11.5 Å². The molecule has 0 spiro atoms. The van der Waals surface area contributed by atoms with Crippen molar-refractivity contribution in [2.75, 3.05) is 39.1 Å². The standard InChI is InChI=1S/C17H23N3O2/c1-21-16-10-13-9-14(18)12-19-15(13)11-17(16)22-8-4-7-20-5-2-3-6-20/h9-12H,2-8,18H2,1H3. The Hall–Kier alpha value is -2.01. The summed E-state index contributed by atoms with van der Waals surface area (Å²) in [4.78, 5) is 6.83. The van der Waals surface area contributed by atoms with Gasteiger partial charge in [0.25, 0.3) is 0 Å². The van der Waals surface area contributed by atoms with Crippen LogP contribution >= 0.6 is 0 Å². The average Bonchev–Trinajstić information content (AvgIpc) is 3.04. The van der Waals surface area contributed by atoms with Gasteiger partial charge in [0.15, 0.2) is 11.5 Å². The number of likely N-dealkylation sites (tertiary alicyclic amines) is 1. The van der Waals surface area contributed by atoms with Crippen molar-refractivity contribution in [2.45, 2.75) is 19.3 Å². The van der Waals surface area contributed by atoms with Crippen LogP contribution in [0.15, 0.2) is 24.4 Å². The molecule has 0 aliphatic carbocycles. The monoisotopic (exact) mass is 301 g/mol. The van der Waals surface area contributed by atoms with Gasteiger partial charge in [-0.3, -0.25) is 4.98 Å². The molecule has 0 unspecified atom stereocenters. The number of methoxy groups -OCH3 is 1. The van der Waals surface area contributed by atoms with E-state index in [4.69, 9.17) is 15.2 Å². The number of rotatable bonds is 6. The molecule has 2 aromatic rings. The molecule has 1 saturated heterocycles. The first kappa shape index (κ1) is 14.9. The number of hydrogen-bond donors (Lipinski definition) is 1. The Morgan fingerprint density at radius 3 is 2.77 bits per heavy atom. The number of pyridine rings is 1. The summed E-state index contributed by atoms with van der Waals surface area (Å²) in [7, 11) is 1.65. The van der Waals surface area contributed by atoms with Crippen LogP contribution in [0.5, 0.6) is 11.5 Å². The minimum atomic E-state index is 0.647. The Balaban J connectivity index is 1.65. The lowest BCUT2D eigenvalue weighted by Crippen LogP contribution is -2.21. The second-order valence-electron chi connectivity index (χ2n) is 5.72. The maximum Gasteiger partial charge on any atom is 0.163 e. The lowest BCUT2D eigenvalue weighted by Gasteiger charge is -2.15. The van der Waals surface area contributed by atoms with E-state index in [1.54, 1.807) is 13.3 Å². The predicted octanol–water partition coefficient (Wildman–Crippen LogP) is 2.69. The fourth-order valence-corrected chi connectivity index (χ4v) is 2.90. The molecular formula is C17H23N3O2. The van der Waals surface area contributed by atoms with Crippen molar-refractivity contribution < 1.29 is 9.47 Å². The molecule has 5 nitrogen and oxygen atoms in total.